The number of nitrogens with one attached hydrogen (secondary N) is 1. The molecule has 0 saturated carbocycles. The average molecular weight is 648 g/mol. The quantitative estimate of drug-likeness (QED) is 0.197. The fourth-order valence-electron chi connectivity index (χ4n) is 5.76. The van der Waals surface area contributed by atoms with E-state index in [0.29, 0.717) is 25.7 Å². The number of benzene rings is 3. The van der Waals surface area contributed by atoms with Crippen molar-refractivity contribution in [2.24, 2.45) is 11.8 Å². The van der Waals surface area contributed by atoms with E-state index in [2.05, 4.69) is 5.32 Å². The van der Waals surface area contributed by atoms with Gasteiger partial charge in [0.2, 0.25) is 0 Å². The molecule has 0 bridgehead atoms. The minimum Gasteiger partial charge on any atom is -0.454 e. The van der Waals surface area contributed by atoms with Crippen molar-refractivity contribution < 1.29 is 47.6 Å². The molecular formula is C36H38FNO9. The van der Waals surface area contributed by atoms with Gasteiger partial charge in [-0.05, 0) is 55.0 Å². The zero-order valence-corrected chi connectivity index (χ0v) is 25.9. The molecule has 11 heteroatoms. The van der Waals surface area contributed by atoms with Crippen molar-refractivity contribution in [3.8, 4) is 0 Å². The van der Waals surface area contributed by atoms with Crippen LogP contribution in [0.2, 0.25) is 0 Å². The van der Waals surface area contributed by atoms with Crippen LogP contribution in [0, 0.1) is 17.7 Å². The second kappa shape index (κ2) is 16.3. The monoisotopic (exact) mass is 647 g/mol. The SMILES string of the molecule is CO[C@H]1O[C@H](CO)[C@@H](OC(=O)Nc2cccc(F)c2)[C@@H]2OC(=O)[C@@H](Cc3ccccc3)C/C=C/C[C@H](Cc3ccccc3)C(=O)O[C@@H]12. The van der Waals surface area contributed by atoms with Crippen LogP contribution in [-0.2, 0) is 46.1 Å². The van der Waals surface area contributed by atoms with E-state index >= 15 is 0 Å². The summed E-state index contributed by atoms with van der Waals surface area (Å²) in [5.41, 5.74) is 1.95. The lowest BCUT2D eigenvalue weighted by atomic mass is 9.92. The number of carbonyl (C=O) groups excluding carboxylic acids is 3. The molecule has 5 rings (SSSR count). The van der Waals surface area contributed by atoms with Crippen LogP contribution in [0.25, 0.3) is 0 Å². The van der Waals surface area contributed by atoms with Gasteiger partial charge in [0.15, 0.2) is 24.6 Å². The average Bonchev–Trinajstić information content (AvgIpc) is 3.07. The molecule has 1 saturated heterocycles. The smallest absolute Gasteiger partial charge is 0.412 e. The van der Waals surface area contributed by atoms with Crippen molar-refractivity contribution in [1.29, 1.82) is 0 Å². The Hall–Kier alpha value is -4.58. The highest BCUT2D eigenvalue weighted by Crippen LogP contribution is 2.32. The fourth-order valence-corrected chi connectivity index (χ4v) is 5.76. The van der Waals surface area contributed by atoms with Crippen molar-refractivity contribution in [1.82, 2.24) is 0 Å². The molecule has 1 fully saturated rings. The molecule has 2 aliphatic rings. The van der Waals surface area contributed by atoms with Crippen LogP contribution >= 0.6 is 0 Å². The van der Waals surface area contributed by atoms with Crippen LogP contribution in [-0.4, -0.2) is 67.6 Å². The Labute approximate surface area is 272 Å². The number of methoxy groups -OCH3 is 1. The fraction of sp³-hybridized carbons (Fsp3) is 0.361. The van der Waals surface area contributed by atoms with Crippen LogP contribution in [0.5, 0.6) is 0 Å². The summed E-state index contributed by atoms with van der Waals surface area (Å²) in [6, 6.07) is 24.1. The number of halogens is 1. The van der Waals surface area contributed by atoms with Gasteiger partial charge in [-0.3, -0.25) is 14.9 Å². The van der Waals surface area contributed by atoms with Crippen LogP contribution in [0.15, 0.2) is 97.1 Å². The predicted molar refractivity (Wildman–Crippen MR) is 168 cm³/mol. The second-order valence-electron chi connectivity index (χ2n) is 11.5. The van der Waals surface area contributed by atoms with E-state index in [0.717, 1.165) is 17.2 Å². The van der Waals surface area contributed by atoms with E-state index in [1.165, 1.54) is 25.3 Å². The first kappa shape index (κ1) is 33.8. The Kier molecular flexibility index (Phi) is 11.7. The van der Waals surface area contributed by atoms with Gasteiger partial charge in [0.1, 0.15) is 11.9 Å². The van der Waals surface area contributed by atoms with Crippen LogP contribution < -0.4 is 5.32 Å². The maximum absolute atomic E-state index is 13.9. The minimum absolute atomic E-state index is 0.110. The van der Waals surface area contributed by atoms with Gasteiger partial charge in [-0.15, -0.1) is 0 Å². The Balaban J connectivity index is 1.49. The number of amides is 1. The molecule has 47 heavy (non-hydrogen) atoms. The molecule has 0 radical (unpaired) electrons. The third-order valence-corrected chi connectivity index (χ3v) is 8.15. The van der Waals surface area contributed by atoms with Gasteiger partial charge in [-0.25, -0.2) is 9.18 Å². The molecule has 3 aromatic rings. The van der Waals surface area contributed by atoms with Gasteiger partial charge < -0.3 is 28.8 Å². The highest BCUT2D eigenvalue weighted by molar-refractivity contribution is 5.84. The van der Waals surface area contributed by atoms with Gasteiger partial charge >= 0.3 is 18.0 Å². The molecule has 1 amide bonds. The lowest BCUT2D eigenvalue weighted by Gasteiger charge is -2.44. The summed E-state index contributed by atoms with van der Waals surface area (Å²) in [6.45, 7) is -0.653. The van der Waals surface area contributed by atoms with Gasteiger partial charge in [-0.1, -0.05) is 78.9 Å². The van der Waals surface area contributed by atoms with Gasteiger partial charge in [0.25, 0.3) is 0 Å². The zero-order valence-electron chi connectivity index (χ0n) is 25.9. The van der Waals surface area contributed by atoms with E-state index in [1.54, 1.807) is 0 Å². The van der Waals surface area contributed by atoms with Gasteiger partial charge in [0.05, 0.1) is 18.4 Å². The van der Waals surface area contributed by atoms with Crippen molar-refractivity contribution in [2.45, 2.75) is 56.4 Å². The molecule has 0 aromatic heterocycles. The molecule has 248 valence electrons. The minimum atomic E-state index is -1.44. The van der Waals surface area contributed by atoms with E-state index in [9.17, 15) is 23.9 Å². The Morgan fingerprint density at radius 3 is 1.96 bits per heavy atom. The molecule has 0 unspecified atom stereocenters. The number of hydrogen-bond donors (Lipinski definition) is 2. The first-order chi connectivity index (χ1) is 22.8. The molecule has 7 atom stereocenters. The van der Waals surface area contributed by atoms with Crippen LogP contribution in [0.4, 0.5) is 14.9 Å². The number of esters is 2. The highest BCUT2D eigenvalue weighted by Gasteiger charge is 2.53. The zero-order chi connectivity index (χ0) is 33.2. The number of rotatable bonds is 8. The first-order valence-corrected chi connectivity index (χ1v) is 15.5. The normalized spacial score (nSPS) is 27.2. The summed E-state index contributed by atoms with van der Waals surface area (Å²) >= 11 is 0. The van der Waals surface area contributed by atoms with E-state index in [-0.39, 0.29) is 5.69 Å². The number of anilines is 1. The molecular weight excluding hydrogens is 609 g/mol. The number of carbonyl (C=O) groups is 3. The van der Waals surface area contributed by atoms with E-state index < -0.39 is 73.0 Å². The summed E-state index contributed by atoms with van der Waals surface area (Å²) in [5.74, 6) is -3.06. The largest absolute Gasteiger partial charge is 0.454 e. The summed E-state index contributed by atoms with van der Waals surface area (Å²) in [4.78, 5) is 40.7. The summed E-state index contributed by atoms with van der Waals surface area (Å²) in [7, 11) is 1.32. The third-order valence-electron chi connectivity index (χ3n) is 8.15. The van der Waals surface area contributed by atoms with Crippen LogP contribution in [0.3, 0.4) is 0 Å². The standard InChI is InChI=1S/C36H38FNO9/c1-43-35-32-31(30(29(22-39)44-35)47-36(42)38-28-18-10-17-27(37)21-28)45-33(40)25(19-23-11-4-2-5-12-23)15-8-9-16-26(34(41)46-32)20-24-13-6-3-7-14-24/h2-14,17-18,21,25-26,29-32,35,39H,15-16,19-20,22H2,1H3,(H,38,42)/b9-8+/t25-,26-,29-,30-,31+,32-,35+/m1/s1. The maximum Gasteiger partial charge on any atom is 0.412 e. The lowest BCUT2D eigenvalue weighted by molar-refractivity contribution is -0.300. The molecule has 2 heterocycles. The second-order valence-corrected chi connectivity index (χ2v) is 11.5. The molecule has 0 spiro atoms. The number of ether oxygens (including phenoxy) is 5. The van der Waals surface area contributed by atoms with E-state index in [1.807, 2.05) is 72.8 Å². The molecule has 0 aliphatic carbocycles. The Morgan fingerprint density at radius 2 is 1.43 bits per heavy atom. The lowest BCUT2D eigenvalue weighted by Crippen LogP contribution is -2.63. The van der Waals surface area contributed by atoms with Crippen molar-refractivity contribution in [3.63, 3.8) is 0 Å². The Bertz CT molecular complexity index is 1520. The van der Waals surface area contributed by atoms with Crippen LogP contribution in [0.1, 0.15) is 24.0 Å². The predicted octanol–water partition coefficient (Wildman–Crippen LogP) is 5.00. The first-order valence-electron chi connectivity index (χ1n) is 15.5. The van der Waals surface area contributed by atoms with Crippen molar-refractivity contribution >= 4 is 23.7 Å². The Morgan fingerprint density at radius 1 is 0.851 bits per heavy atom. The number of fused-ring (bicyclic) bond motifs is 1. The molecule has 3 aromatic carbocycles. The van der Waals surface area contributed by atoms with Gasteiger partial charge in [0, 0.05) is 12.8 Å². The van der Waals surface area contributed by atoms with Crippen molar-refractivity contribution in [2.75, 3.05) is 19.0 Å². The third kappa shape index (κ3) is 9.03. The molecule has 2 N–H and O–H groups in total. The summed E-state index contributed by atoms with van der Waals surface area (Å²) in [6.07, 6.45) is -2.66. The summed E-state index contributed by atoms with van der Waals surface area (Å²) < 4.78 is 43.0. The van der Waals surface area contributed by atoms with Crippen molar-refractivity contribution in [3.05, 3.63) is 114 Å². The number of hydrogen-bond acceptors (Lipinski definition) is 9. The number of aliphatic hydroxyl groups excluding tert-OH is 1. The summed E-state index contributed by atoms with van der Waals surface area (Å²) in [5, 5.41) is 12.7. The molecule has 10 nitrogen and oxygen atoms in total. The maximum atomic E-state index is 13.9. The molecule has 2 aliphatic heterocycles. The topological polar surface area (TPSA) is 130 Å². The van der Waals surface area contributed by atoms with E-state index in [4.69, 9.17) is 23.7 Å². The number of allylic oxidation sites excluding steroid dienone is 2. The van der Waals surface area contributed by atoms with Gasteiger partial charge in [-0.2, -0.15) is 0 Å². The number of aliphatic hydroxyl groups is 1. The highest BCUT2D eigenvalue weighted by atomic mass is 19.1.